The van der Waals surface area contributed by atoms with Gasteiger partial charge in [0, 0.05) is 16.0 Å². The molecule has 2 aliphatic rings. The molecule has 1 saturated heterocycles. The van der Waals surface area contributed by atoms with Gasteiger partial charge in [-0.3, -0.25) is 14.5 Å². The second kappa shape index (κ2) is 11.8. The van der Waals surface area contributed by atoms with Crippen molar-refractivity contribution in [3.05, 3.63) is 75.3 Å². The van der Waals surface area contributed by atoms with Gasteiger partial charge in [-0.25, -0.2) is 0 Å². The molecule has 2 aromatic rings. The number of hydrogen-bond acceptors (Lipinski definition) is 5. The van der Waals surface area contributed by atoms with Crippen LogP contribution in [-0.2, 0) is 9.59 Å². The molecule has 1 aliphatic carbocycles. The fourth-order valence-electron chi connectivity index (χ4n) is 5.82. The van der Waals surface area contributed by atoms with Crippen molar-refractivity contribution in [3.8, 4) is 5.75 Å². The van der Waals surface area contributed by atoms with Crippen molar-refractivity contribution in [2.75, 3.05) is 11.5 Å². The first kappa shape index (κ1) is 27.3. The first-order chi connectivity index (χ1) is 17.8. The number of carbonyl (C=O) groups is 2. The minimum Gasteiger partial charge on any atom is -0.507 e. The van der Waals surface area contributed by atoms with Crippen LogP contribution in [0.2, 0.25) is 0 Å². The number of phenolic OH excluding ortho intramolecular Hbond substituents is 1. The van der Waals surface area contributed by atoms with Crippen LogP contribution in [0.5, 0.6) is 5.75 Å². The van der Waals surface area contributed by atoms with Crippen LogP contribution in [0.4, 0.5) is 5.69 Å². The van der Waals surface area contributed by atoms with Gasteiger partial charge in [-0.05, 0) is 68.0 Å². The maximum Gasteiger partial charge on any atom is 0.238 e. The lowest BCUT2D eigenvalue weighted by Gasteiger charge is -2.36. The zero-order valence-electron chi connectivity index (χ0n) is 21.2. The molecule has 2 aromatic carbocycles. The average Bonchev–Trinajstić information content (AvgIpc) is 3.16. The highest BCUT2D eigenvalue weighted by Gasteiger charge is 2.55. The number of imide groups is 1. The van der Waals surface area contributed by atoms with Gasteiger partial charge in [0.1, 0.15) is 5.75 Å². The summed E-state index contributed by atoms with van der Waals surface area (Å²) in [5.74, 6) is -2.16. The van der Waals surface area contributed by atoms with Crippen LogP contribution in [0, 0.1) is 17.8 Å². The normalized spacial score (nSPS) is 23.0. The van der Waals surface area contributed by atoms with E-state index in [1.807, 2.05) is 32.1 Å². The van der Waals surface area contributed by atoms with E-state index >= 15 is 0 Å². The Morgan fingerprint density at radius 1 is 1.14 bits per heavy atom. The van der Waals surface area contributed by atoms with Crippen LogP contribution < -0.4 is 4.90 Å². The second-order valence-corrected chi connectivity index (χ2v) is 10.7. The third kappa shape index (κ3) is 5.44. The predicted octanol–water partition coefficient (Wildman–Crippen LogP) is 5.61. The number of nitrogens with zero attached hydrogens (tertiary/aromatic N) is 1. The maximum absolute atomic E-state index is 13.5. The number of phenols is 1. The summed E-state index contributed by atoms with van der Waals surface area (Å²) < 4.78 is 0.868. The lowest BCUT2D eigenvalue weighted by atomic mass is 9.67. The maximum atomic E-state index is 13.5. The molecule has 4 rings (SSSR count). The lowest BCUT2D eigenvalue weighted by Crippen LogP contribution is -2.39. The van der Waals surface area contributed by atoms with Crippen molar-refractivity contribution >= 4 is 39.5 Å². The molecule has 0 aromatic heterocycles. The molecular formula is C30H34BrNO5. The first-order valence-electron chi connectivity index (χ1n) is 12.9. The summed E-state index contributed by atoms with van der Waals surface area (Å²) in [6.07, 6.45) is 3.94. The number of allylic oxidation sites excluding steroid dienone is 2. The summed E-state index contributed by atoms with van der Waals surface area (Å²) in [7, 11) is 0. The van der Waals surface area contributed by atoms with Gasteiger partial charge in [-0.2, -0.15) is 0 Å². The number of anilines is 1. The molecular weight excluding hydrogens is 534 g/mol. The second-order valence-electron chi connectivity index (χ2n) is 9.80. The molecule has 0 radical (unpaired) electrons. The first-order valence-corrected chi connectivity index (χ1v) is 13.7. The van der Waals surface area contributed by atoms with Crippen molar-refractivity contribution in [3.63, 3.8) is 0 Å². The Morgan fingerprint density at radius 2 is 1.86 bits per heavy atom. The topological polar surface area (TPSA) is 98.1 Å². The number of fused-ring (bicyclic) bond motifs is 1. The van der Waals surface area contributed by atoms with Crippen molar-refractivity contribution in [2.45, 2.75) is 52.1 Å². The molecule has 37 heavy (non-hydrogen) atoms. The van der Waals surface area contributed by atoms with Gasteiger partial charge in [0.15, 0.2) is 0 Å². The SMILES string of the molecule is CCC1=C([C@H](O)CC/C(=C/c2cc(Br)ccc2O)CC)[C@H](CO)[C@@H]2C(=O)N(c3ccccc3)C(=O)[C@@H]2C1. The monoisotopic (exact) mass is 567 g/mol. The summed E-state index contributed by atoms with van der Waals surface area (Å²) in [6, 6.07) is 14.2. The van der Waals surface area contributed by atoms with Gasteiger partial charge >= 0.3 is 0 Å². The van der Waals surface area contributed by atoms with Gasteiger partial charge in [0.25, 0.3) is 0 Å². The Bertz CT molecular complexity index is 1220. The van der Waals surface area contributed by atoms with Gasteiger partial charge in [-0.1, -0.05) is 65.2 Å². The van der Waals surface area contributed by atoms with E-state index in [-0.39, 0.29) is 24.2 Å². The zero-order valence-corrected chi connectivity index (χ0v) is 22.8. The number of hydrogen-bond donors (Lipinski definition) is 3. The van der Waals surface area contributed by atoms with E-state index in [2.05, 4.69) is 15.9 Å². The average molecular weight is 569 g/mol. The van der Waals surface area contributed by atoms with Crippen LogP contribution in [0.25, 0.3) is 6.08 Å². The molecule has 3 N–H and O–H groups in total. The Morgan fingerprint density at radius 3 is 2.51 bits per heavy atom. The lowest BCUT2D eigenvalue weighted by molar-refractivity contribution is -0.123. The summed E-state index contributed by atoms with van der Waals surface area (Å²) in [4.78, 5) is 28.1. The molecule has 1 fully saturated rings. The van der Waals surface area contributed by atoms with Crippen LogP contribution >= 0.6 is 15.9 Å². The number of carbonyl (C=O) groups excluding carboxylic acids is 2. The molecule has 0 unspecified atom stereocenters. The molecule has 0 bridgehead atoms. The number of aliphatic hydroxyl groups is 2. The third-order valence-corrected chi connectivity index (χ3v) is 8.22. The highest BCUT2D eigenvalue weighted by atomic mass is 79.9. The van der Waals surface area contributed by atoms with Crippen LogP contribution in [0.3, 0.4) is 0 Å². The fourth-order valence-corrected chi connectivity index (χ4v) is 6.20. The molecule has 1 aliphatic heterocycles. The number of halogens is 1. The summed E-state index contributed by atoms with van der Waals surface area (Å²) in [5.41, 5.74) is 3.98. The van der Waals surface area contributed by atoms with Crippen molar-refractivity contribution in [2.24, 2.45) is 17.8 Å². The van der Waals surface area contributed by atoms with Crippen molar-refractivity contribution in [1.29, 1.82) is 0 Å². The van der Waals surface area contributed by atoms with E-state index in [1.54, 1.807) is 36.4 Å². The van der Waals surface area contributed by atoms with E-state index in [9.17, 15) is 24.9 Å². The fraction of sp³-hybridized carbons (Fsp3) is 0.400. The van der Waals surface area contributed by atoms with Crippen LogP contribution in [0.15, 0.2) is 69.7 Å². The largest absolute Gasteiger partial charge is 0.507 e. The quantitative estimate of drug-likeness (QED) is 0.270. The summed E-state index contributed by atoms with van der Waals surface area (Å²) in [5, 5.41) is 32.0. The molecule has 1 heterocycles. The smallest absolute Gasteiger partial charge is 0.238 e. The number of aromatic hydroxyl groups is 1. The molecule has 0 spiro atoms. The molecule has 196 valence electrons. The Kier molecular flexibility index (Phi) is 8.67. The third-order valence-electron chi connectivity index (χ3n) is 7.72. The van der Waals surface area contributed by atoms with E-state index < -0.39 is 23.9 Å². The highest BCUT2D eigenvalue weighted by molar-refractivity contribution is 9.10. The minimum atomic E-state index is -0.840. The Labute approximate surface area is 226 Å². The Hall–Kier alpha value is -2.74. The standard InChI is InChI=1S/C30H34BrNO5/c1-3-18(14-20-15-21(31)11-13-25(20)34)10-12-26(35)27-19(4-2)16-23-28(24(27)17-33)30(37)32(29(23)36)22-8-6-5-7-9-22/h5-9,11,13-15,23-24,26,28,33-35H,3-4,10,12,16-17H2,1-2H3/b18-14+/t23-,24+,26-,28-/m1/s1. The summed E-state index contributed by atoms with van der Waals surface area (Å²) >= 11 is 3.44. The number of benzene rings is 2. The van der Waals surface area contributed by atoms with E-state index in [4.69, 9.17) is 0 Å². The Balaban J connectivity index is 1.58. The van der Waals surface area contributed by atoms with Gasteiger partial charge in [0.2, 0.25) is 11.8 Å². The predicted molar refractivity (Wildman–Crippen MR) is 148 cm³/mol. The van der Waals surface area contributed by atoms with Crippen LogP contribution in [0.1, 0.15) is 51.5 Å². The van der Waals surface area contributed by atoms with Crippen molar-refractivity contribution in [1.82, 2.24) is 0 Å². The van der Waals surface area contributed by atoms with E-state index in [0.717, 1.165) is 22.0 Å². The molecule has 7 heteroatoms. The van der Waals surface area contributed by atoms with Gasteiger partial charge in [0.05, 0.1) is 30.2 Å². The number of aliphatic hydroxyl groups excluding tert-OH is 2. The number of para-hydroxylation sites is 1. The van der Waals surface area contributed by atoms with Gasteiger partial charge in [-0.15, -0.1) is 0 Å². The highest BCUT2D eigenvalue weighted by Crippen LogP contribution is 2.48. The molecule has 0 saturated carbocycles. The number of rotatable bonds is 9. The number of amides is 2. The molecule has 4 atom stereocenters. The zero-order chi connectivity index (χ0) is 26.7. The van der Waals surface area contributed by atoms with Crippen LogP contribution in [-0.4, -0.2) is 39.8 Å². The molecule has 6 nitrogen and oxygen atoms in total. The van der Waals surface area contributed by atoms with E-state index in [0.29, 0.717) is 42.5 Å². The molecule has 2 amide bonds. The minimum absolute atomic E-state index is 0.191. The summed E-state index contributed by atoms with van der Waals surface area (Å²) in [6.45, 7) is 3.72. The van der Waals surface area contributed by atoms with Gasteiger partial charge < -0.3 is 15.3 Å². The van der Waals surface area contributed by atoms with Crippen molar-refractivity contribution < 1.29 is 24.9 Å². The van der Waals surface area contributed by atoms with E-state index in [1.165, 1.54) is 4.90 Å².